The third-order valence-corrected chi connectivity index (χ3v) is 3.28. The third-order valence-electron chi connectivity index (χ3n) is 3.28. The van der Waals surface area contributed by atoms with E-state index < -0.39 is 0 Å². The monoisotopic (exact) mass is 217 g/mol. The molecule has 5 heteroatoms. The van der Waals surface area contributed by atoms with E-state index in [1.165, 1.54) is 19.3 Å². The van der Waals surface area contributed by atoms with Crippen LogP contribution in [0.15, 0.2) is 12.4 Å². The predicted octanol–water partition coefficient (Wildman–Crippen LogP) is 1.64. The molecule has 5 nitrogen and oxygen atoms in total. The van der Waals surface area contributed by atoms with E-state index in [1.54, 1.807) is 6.20 Å². The maximum Gasteiger partial charge on any atom is 0.203 e. The van der Waals surface area contributed by atoms with E-state index in [2.05, 4.69) is 20.5 Å². The summed E-state index contributed by atoms with van der Waals surface area (Å²) in [4.78, 5) is 4.32. The summed E-state index contributed by atoms with van der Waals surface area (Å²) in [6, 6.07) is 0. The maximum absolute atomic E-state index is 4.32. The quantitative estimate of drug-likeness (QED) is 0.849. The van der Waals surface area contributed by atoms with Gasteiger partial charge in [0.2, 0.25) is 5.65 Å². The number of hydrogen-bond acceptors (Lipinski definition) is 4. The van der Waals surface area contributed by atoms with Crippen LogP contribution in [0.25, 0.3) is 5.65 Å². The fourth-order valence-electron chi connectivity index (χ4n) is 2.00. The van der Waals surface area contributed by atoms with Crippen molar-refractivity contribution in [3.8, 4) is 0 Å². The van der Waals surface area contributed by atoms with Gasteiger partial charge in [-0.15, -0.1) is 10.2 Å². The highest BCUT2D eigenvalue weighted by Gasteiger charge is 2.17. The van der Waals surface area contributed by atoms with Crippen LogP contribution in [0.1, 0.15) is 25.1 Å². The topological polar surface area (TPSA) is 55.1 Å². The molecule has 0 radical (unpaired) electrons. The fraction of sp³-hybridized carbons (Fsp3) is 0.545. The predicted molar refractivity (Wildman–Crippen MR) is 61.3 cm³/mol. The van der Waals surface area contributed by atoms with E-state index in [0.717, 1.165) is 29.8 Å². The van der Waals surface area contributed by atoms with E-state index in [9.17, 15) is 0 Å². The first kappa shape index (κ1) is 9.57. The first-order chi connectivity index (χ1) is 7.84. The van der Waals surface area contributed by atoms with Gasteiger partial charge < -0.3 is 5.32 Å². The van der Waals surface area contributed by atoms with Gasteiger partial charge in [-0.25, -0.2) is 4.98 Å². The molecule has 84 valence electrons. The molecule has 0 amide bonds. The van der Waals surface area contributed by atoms with E-state index in [-0.39, 0.29) is 0 Å². The molecule has 1 N–H and O–H groups in total. The molecule has 3 rings (SSSR count). The summed E-state index contributed by atoms with van der Waals surface area (Å²) in [5, 5.41) is 11.5. The van der Waals surface area contributed by atoms with Crippen LogP contribution in [-0.4, -0.2) is 26.1 Å². The Labute approximate surface area is 93.9 Å². The summed E-state index contributed by atoms with van der Waals surface area (Å²) in [5.41, 5.74) is 0.819. The first-order valence-electron chi connectivity index (χ1n) is 5.75. The van der Waals surface area contributed by atoms with E-state index in [0.29, 0.717) is 0 Å². The number of anilines is 1. The van der Waals surface area contributed by atoms with Crippen LogP contribution >= 0.6 is 0 Å². The number of aryl methyl sites for hydroxylation is 1. The molecule has 1 aliphatic carbocycles. The van der Waals surface area contributed by atoms with Crippen LogP contribution in [0.5, 0.6) is 0 Å². The summed E-state index contributed by atoms with van der Waals surface area (Å²) in [7, 11) is 0. The SMILES string of the molecule is Cc1nnc2c(NCC3CCC3)nccn12. The highest BCUT2D eigenvalue weighted by Crippen LogP contribution is 2.26. The summed E-state index contributed by atoms with van der Waals surface area (Å²) in [6.45, 7) is 2.94. The Morgan fingerprint density at radius 1 is 1.44 bits per heavy atom. The van der Waals surface area contributed by atoms with Crippen molar-refractivity contribution in [2.45, 2.75) is 26.2 Å². The lowest BCUT2D eigenvalue weighted by atomic mass is 9.85. The van der Waals surface area contributed by atoms with Gasteiger partial charge in [0.15, 0.2) is 5.82 Å². The van der Waals surface area contributed by atoms with Gasteiger partial charge in [0.1, 0.15) is 5.82 Å². The van der Waals surface area contributed by atoms with Crippen molar-refractivity contribution in [3.05, 3.63) is 18.2 Å². The zero-order chi connectivity index (χ0) is 11.0. The molecular formula is C11H15N5. The Hall–Kier alpha value is -1.65. The summed E-state index contributed by atoms with van der Waals surface area (Å²) < 4.78 is 1.95. The van der Waals surface area contributed by atoms with Crippen molar-refractivity contribution in [3.63, 3.8) is 0 Å². The van der Waals surface area contributed by atoms with Crippen molar-refractivity contribution >= 4 is 11.5 Å². The van der Waals surface area contributed by atoms with Gasteiger partial charge in [0.05, 0.1) is 0 Å². The van der Waals surface area contributed by atoms with Gasteiger partial charge in [-0.05, 0) is 25.7 Å². The molecule has 1 aliphatic rings. The molecule has 0 saturated heterocycles. The van der Waals surface area contributed by atoms with Crippen LogP contribution in [-0.2, 0) is 0 Å². The van der Waals surface area contributed by atoms with Crippen LogP contribution in [0.3, 0.4) is 0 Å². The zero-order valence-corrected chi connectivity index (χ0v) is 9.35. The number of aromatic nitrogens is 4. The van der Waals surface area contributed by atoms with Gasteiger partial charge in [-0.3, -0.25) is 4.40 Å². The van der Waals surface area contributed by atoms with E-state index in [4.69, 9.17) is 0 Å². The molecule has 0 spiro atoms. The highest BCUT2D eigenvalue weighted by molar-refractivity contribution is 5.61. The minimum absolute atomic E-state index is 0.811. The van der Waals surface area contributed by atoms with E-state index >= 15 is 0 Å². The standard InChI is InChI=1S/C11H15N5/c1-8-14-15-11-10(12-5-6-16(8)11)13-7-9-3-2-4-9/h5-6,9H,2-4,7H2,1H3,(H,12,13). The fourth-order valence-corrected chi connectivity index (χ4v) is 2.00. The van der Waals surface area contributed by atoms with Crippen LogP contribution < -0.4 is 5.32 Å². The lowest BCUT2D eigenvalue weighted by molar-refractivity contribution is 0.333. The van der Waals surface area contributed by atoms with Gasteiger partial charge >= 0.3 is 0 Å². The molecule has 1 fully saturated rings. The molecule has 1 saturated carbocycles. The van der Waals surface area contributed by atoms with E-state index in [1.807, 2.05) is 17.5 Å². The Kier molecular flexibility index (Phi) is 2.23. The number of nitrogens with one attached hydrogen (secondary N) is 1. The smallest absolute Gasteiger partial charge is 0.203 e. The molecule has 0 bridgehead atoms. The van der Waals surface area contributed by atoms with Crippen LogP contribution in [0.2, 0.25) is 0 Å². The minimum Gasteiger partial charge on any atom is -0.367 e. The lowest BCUT2D eigenvalue weighted by Gasteiger charge is -2.25. The van der Waals surface area contributed by atoms with Crippen molar-refractivity contribution < 1.29 is 0 Å². The molecule has 0 aliphatic heterocycles. The Morgan fingerprint density at radius 2 is 2.31 bits per heavy atom. The molecule has 2 aromatic rings. The number of nitrogens with zero attached hydrogens (tertiary/aromatic N) is 4. The average Bonchev–Trinajstić information content (AvgIpc) is 2.60. The van der Waals surface area contributed by atoms with Gasteiger partial charge in [0, 0.05) is 18.9 Å². The van der Waals surface area contributed by atoms with Crippen LogP contribution in [0.4, 0.5) is 5.82 Å². The molecule has 0 aromatic carbocycles. The lowest BCUT2D eigenvalue weighted by Crippen LogP contribution is -2.21. The van der Waals surface area contributed by atoms with Gasteiger partial charge in [0.25, 0.3) is 0 Å². The molecule has 2 heterocycles. The summed E-state index contributed by atoms with van der Waals surface area (Å²) in [6.07, 6.45) is 7.71. The van der Waals surface area contributed by atoms with Crippen molar-refractivity contribution in [1.82, 2.24) is 19.6 Å². The van der Waals surface area contributed by atoms with Crippen molar-refractivity contribution in [2.75, 3.05) is 11.9 Å². The summed E-state index contributed by atoms with van der Waals surface area (Å²) in [5.74, 6) is 2.55. The molecule has 2 aromatic heterocycles. The third kappa shape index (κ3) is 1.52. The second-order valence-electron chi connectivity index (χ2n) is 4.39. The largest absolute Gasteiger partial charge is 0.367 e. The maximum atomic E-state index is 4.32. The zero-order valence-electron chi connectivity index (χ0n) is 9.35. The Morgan fingerprint density at radius 3 is 3.06 bits per heavy atom. The van der Waals surface area contributed by atoms with Gasteiger partial charge in [-0.2, -0.15) is 0 Å². The van der Waals surface area contributed by atoms with Crippen molar-refractivity contribution in [1.29, 1.82) is 0 Å². The molecule has 0 unspecified atom stereocenters. The second-order valence-corrected chi connectivity index (χ2v) is 4.39. The number of rotatable bonds is 3. The molecular weight excluding hydrogens is 202 g/mol. The van der Waals surface area contributed by atoms with Gasteiger partial charge in [-0.1, -0.05) is 6.42 Å². The van der Waals surface area contributed by atoms with Crippen molar-refractivity contribution in [2.24, 2.45) is 5.92 Å². The minimum atomic E-state index is 0.811. The highest BCUT2D eigenvalue weighted by atomic mass is 15.3. The second kappa shape index (κ2) is 3.73. The van der Waals surface area contributed by atoms with Crippen LogP contribution in [0, 0.1) is 12.8 Å². The number of hydrogen-bond donors (Lipinski definition) is 1. The Balaban J connectivity index is 1.84. The molecule has 16 heavy (non-hydrogen) atoms. The summed E-state index contributed by atoms with van der Waals surface area (Å²) >= 11 is 0. The average molecular weight is 217 g/mol. The molecule has 0 atom stereocenters. The first-order valence-corrected chi connectivity index (χ1v) is 5.75. The number of fused-ring (bicyclic) bond motifs is 1. The Bertz CT molecular complexity index is 500. The normalized spacial score (nSPS) is 16.3.